The van der Waals surface area contributed by atoms with Crippen LogP contribution in [-0.4, -0.2) is 71.3 Å². The molecule has 9 heteroatoms. The minimum absolute atomic E-state index is 0.0711. The number of hydrogen-bond donors (Lipinski definition) is 1. The van der Waals surface area contributed by atoms with Crippen LogP contribution < -0.4 is 5.32 Å². The number of ether oxygens (including phenoxy) is 5. The summed E-state index contributed by atoms with van der Waals surface area (Å²) in [6, 6.07) is 0. The molecule has 0 aliphatic heterocycles. The second kappa shape index (κ2) is 35.0. The fraction of sp³-hybridized carbons (Fsp3) is 0.917. The summed E-state index contributed by atoms with van der Waals surface area (Å²) in [6.07, 6.45) is 22.0. The van der Waals surface area contributed by atoms with E-state index in [2.05, 4.69) is 19.2 Å². The standard InChI is InChI=1S/C36H69NO8/c1-4-6-8-15-21-28-44-35(39)25-19-14-13-17-23-33(32-45-36(40)37-26-29-42-31-30-41-3)22-16-11-10-12-18-24-34(38)43-27-20-9-7-5-2/h33H,4-32H2,1-3H3,(H,37,40). The van der Waals surface area contributed by atoms with E-state index in [-0.39, 0.29) is 11.9 Å². The fourth-order valence-electron chi connectivity index (χ4n) is 5.06. The lowest BCUT2D eigenvalue weighted by Crippen LogP contribution is -2.29. The number of esters is 2. The van der Waals surface area contributed by atoms with Crippen molar-refractivity contribution in [1.82, 2.24) is 5.32 Å². The van der Waals surface area contributed by atoms with Gasteiger partial charge in [-0.2, -0.15) is 0 Å². The molecule has 0 aliphatic carbocycles. The maximum absolute atomic E-state index is 12.2. The molecule has 0 bridgehead atoms. The number of amides is 1. The molecular formula is C36H69NO8. The molecule has 0 fully saturated rings. The van der Waals surface area contributed by atoms with E-state index in [0.29, 0.717) is 64.9 Å². The first kappa shape index (κ1) is 43.1. The van der Waals surface area contributed by atoms with Gasteiger partial charge in [-0.3, -0.25) is 9.59 Å². The van der Waals surface area contributed by atoms with E-state index in [1.54, 1.807) is 7.11 Å². The van der Waals surface area contributed by atoms with Gasteiger partial charge in [-0.05, 0) is 44.4 Å². The Labute approximate surface area is 275 Å². The molecule has 0 aromatic heterocycles. The summed E-state index contributed by atoms with van der Waals surface area (Å²) < 4.78 is 26.5. The van der Waals surface area contributed by atoms with Gasteiger partial charge < -0.3 is 29.0 Å². The van der Waals surface area contributed by atoms with Crippen LogP contribution in [-0.2, 0) is 33.3 Å². The average Bonchev–Trinajstić information content (AvgIpc) is 3.03. The number of nitrogens with one attached hydrogen (secondary N) is 1. The Morgan fingerprint density at radius 3 is 1.58 bits per heavy atom. The van der Waals surface area contributed by atoms with Crippen molar-refractivity contribution in [1.29, 1.82) is 0 Å². The molecule has 0 heterocycles. The lowest BCUT2D eigenvalue weighted by Gasteiger charge is -2.17. The molecule has 0 radical (unpaired) electrons. The van der Waals surface area contributed by atoms with E-state index >= 15 is 0 Å². The molecule has 266 valence electrons. The summed E-state index contributed by atoms with van der Waals surface area (Å²) >= 11 is 0. The van der Waals surface area contributed by atoms with Crippen molar-refractivity contribution in [3.63, 3.8) is 0 Å². The number of carbonyl (C=O) groups excluding carboxylic acids is 3. The fourth-order valence-corrected chi connectivity index (χ4v) is 5.06. The van der Waals surface area contributed by atoms with Gasteiger partial charge in [-0.25, -0.2) is 4.79 Å². The van der Waals surface area contributed by atoms with Crippen LogP contribution in [0.2, 0.25) is 0 Å². The molecule has 0 aromatic rings. The minimum Gasteiger partial charge on any atom is -0.466 e. The molecule has 1 atom stereocenters. The molecule has 1 amide bonds. The van der Waals surface area contributed by atoms with Crippen LogP contribution in [0.25, 0.3) is 0 Å². The SMILES string of the molecule is CCCCCCCOC(=O)CCCCCCC(CCCCCCCC(=O)OCCCCCC)COC(=O)NCCOCCOC. The summed E-state index contributed by atoms with van der Waals surface area (Å²) in [6.45, 7) is 7.72. The highest BCUT2D eigenvalue weighted by Gasteiger charge is 2.13. The van der Waals surface area contributed by atoms with E-state index in [4.69, 9.17) is 23.7 Å². The van der Waals surface area contributed by atoms with E-state index in [1.165, 1.54) is 32.1 Å². The Bertz CT molecular complexity index is 675. The second-order valence-corrected chi connectivity index (χ2v) is 12.2. The Morgan fingerprint density at radius 1 is 0.533 bits per heavy atom. The van der Waals surface area contributed by atoms with E-state index in [1.807, 2.05) is 0 Å². The highest BCUT2D eigenvalue weighted by atomic mass is 16.6. The minimum atomic E-state index is -0.406. The van der Waals surface area contributed by atoms with Crippen molar-refractivity contribution in [3.05, 3.63) is 0 Å². The topological polar surface area (TPSA) is 109 Å². The second-order valence-electron chi connectivity index (χ2n) is 12.2. The molecule has 0 aliphatic rings. The molecular weight excluding hydrogens is 574 g/mol. The molecule has 1 unspecified atom stereocenters. The summed E-state index contributed by atoms with van der Waals surface area (Å²) in [5.41, 5.74) is 0. The Kier molecular flexibility index (Phi) is 33.5. The van der Waals surface area contributed by atoms with E-state index < -0.39 is 6.09 Å². The van der Waals surface area contributed by atoms with Gasteiger partial charge in [0.15, 0.2) is 0 Å². The number of alkyl carbamates (subject to hydrolysis) is 1. The molecule has 0 spiro atoms. The van der Waals surface area contributed by atoms with Gasteiger partial charge in [-0.1, -0.05) is 104 Å². The highest BCUT2D eigenvalue weighted by molar-refractivity contribution is 5.69. The molecule has 0 saturated carbocycles. The first-order chi connectivity index (χ1) is 22.0. The zero-order valence-electron chi connectivity index (χ0n) is 29.3. The summed E-state index contributed by atoms with van der Waals surface area (Å²) in [5, 5.41) is 2.75. The Hall–Kier alpha value is -1.87. The maximum Gasteiger partial charge on any atom is 0.407 e. The van der Waals surface area contributed by atoms with Gasteiger partial charge in [0.25, 0.3) is 0 Å². The number of rotatable bonds is 34. The van der Waals surface area contributed by atoms with Crippen molar-refractivity contribution in [2.75, 3.05) is 53.3 Å². The molecule has 1 N–H and O–H groups in total. The van der Waals surface area contributed by atoms with Crippen molar-refractivity contribution in [3.8, 4) is 0 Å². The normalized spacial score (nSPS) is 11.7. The molecule has 0 aromatic carbocycles. The van der Waals surface area contributed by atoms with Crippen LogP contribution in [0.4, 0.5) is 4.79 Å². The molecule has 9 nitrogen and oxygen atoms in total. The van der Waals surface area contributed by atoms with Crippen LogP contribution in [0.5, 0.6) is 0 Å². The van der Waals surface area contributed by atoms with Crippen molar-refractivity contribution in [2.45, 2.75) is 155 Å². The van der Waals surface area contributed by atoms with Crippen LogP contribution >= 0.6 is 0 Å². The van der Waals surface area contributed by atoms with Crippen molar-refractivity contribution >= 4 is 18.0 Å². The summed E-state index contributed by atoms with van der Waals surface area (Å²) in [4.78, 5) is 36.0. The van der Waals surface area contributed by atoms with Crippen molar-refractivity contribution < 1.29 is 38.1 Å². The third-order valence-corrected chi connectivity index (χ3v) is 7.91. The molecule has 0 saturated heterocycles. The monoisotopic (exact) mass is 644 g/mol. The lowest BCUT2D eigenvalue weighted by atomic mass is 9.95. The molecule has 45 heavy (non-hydrogen) atoms. The zero-order chi connectivity index (χ0) is 33.1. The van der Waals surface area contributed by atoms with Crippen LogP contribution in [0.3, 0.4) is 0 Å². The number of hydrogen-bond acceptors (Lipinski definition) is 8. The van der Waals surface area contributed by atoms with Gasteiger partial charge in [0.1, 0.15) is 0 Å². The van der Waals surface area contributed by atoms with Crippen LogP contribution in [0, 0.1) is 5.92 Å². The van der Waals surface area contributed by atoms with Gasteiger partial charge in [0, 0.05) is 26.5 Å². The highest BCUT2D eigenvalue weighted by Crippen LogP contribution is 2.20. The third kappa shape index (κ3) is 33.3. The van der Waals surface area contributed by atoms with Gasteiger partial charge in [-0.15, -0.1) is 0 Å². The largest absolute Gasteiger partial charge is 0.466 e. The summed E-state index contributed by atoms with van der Waals surface area (Å²) in [7, 11) is 1.62. The first-order valence-electron chi connectivity index (χ1n) is 18.3. The first-order valence-corrected chi connectivity index (χ1v) is 18.3. The van der Waals surface area contributed by atoms with E-state index in [0.717, 1.165) is 96.3 Å². The zero-order valence-corrected chi connectivity index (χ0v) is 29.3. The number of carbonyl (C=O) groups is 3. The average molecular weight is 644 g/mol. The Morgan fingerprint density at radius 2 is 1.02 bits per heavy atom. The van der Waals surface area contributed by atoms with Gasteiger partial charge in [0.2, 0.25) is 0 Å². The van der Waals surface area contributed by atoms with Gasteiger partial charge in [0.05, 0.1) is 39.6 Å². The third-order valence-electron chi connectivity index (χ3n) is 7.91. The summed E-state index contributed by atoms with van der Waals surface area (Å²) in [5.74, 6) is 0.165. The van der Waals surface area contributed by atoms with Crippen molar-refractivity contribution in [2.24, 2.45) is 5.92 Å². The van der Waals surface area contributed by atoms with E-state index in [9.17, 15) is 14.4 Å². The maximum atomic E-state index is 12.2. The van der Waals surface area contributed by atoms with Crippen LogP contribution in [0.1, 0.15) is 155 Å². The van der Waals surface area contributed by atoms with Gasteiger partial charge >= 0.3 is 18.0 Å². The smallest absolute Gasteiger partial charge is 0.407 e. The predicted molar refractivity (Wildman–Crippen MR) is 180 cm³/mol. The Balaban J connectivity index is 4.18. The van der Waals surface area contributed by atoms with Crippen LogP contribution in [0.15, 0.2) is 0 Å². The number of methoxy groups -OCH3 is 1. The quantitative estimate of drug-likeness (QED) is 0.0421. The molecule has 0 rings (SSSR count). The lowest BCUT2D eigenvalue weighted by molar-refractivity contribution is -0.144. The predicted octanol–water partition coefficient (Wildman–Crippen LogP) is 8.70. The number of unbranched alkanes of at least 4 members (excludes halogenated alkanes) is 14.